The second kappa shape index (κ2) is 9.92. The van der Waals surface area contributed by atoms with Crippen molar-refractivity contribution in [1.29, 1.82) is 0 Å². The van der Waals surface area contributed by atoms with Crippen LogP contribution in [0.25, 0.3) is 0 Å². The van der Waals surface area contributed by atoms with E-state index in [-0.39, 0.29) is 13.0 Å². The van der Waals surface area contributed by atoms with Gasteiger partial charge in [-0.2, -0.15) is 21.6 Å². The zero-order valence-electron chi connectivity index (χ0n) is 16.9. The van der Waals surface area contributed by atoms with Gasteiger partial charge in [0.1, 0.15) is 30.3 Å². The number of aromatic amines is 1. The van der Waals surface area contributed by atoms with E-state index >= 15 is 0 Å². The maximum Gasteiger partial charge on any atom is 0.423 e. The maximum absolute atomic E-state index is 13.1. The van der Waals surface area contributed by atoms with Crippen LogP contribution in [-0.2, 0) is 35.7 Å². The number of nitrogens with one attached hydrogen (secondary N) is 1. The highest BCUT2D eigenvalue weighted by Crippen LogP contribution is 2.32. The number of aromatic nitrogens is 2. The molecule has 2 heterocycles. The molecule has 0 bridgehead atoms. The summed E-state index contributed by atoms with van der Waals surface area (Å²) in [6.07, 6.45) is -2.87. The highest BCUT2D eigenvalue weighted by molar-refractivity contribution is 7.85. The Kier molecular flexibility index (Phi) is 7.43. The van der Waals surface area contributed by atoms with Crippen molar-refractivity contribution in [2.45, 2.75) is 36.8 Å². The van der Waals surface area contributed by atoms with Crippen LogP contribution in [0.15, 0.2) is 46.1 Å². The molecule has 1 aromatic heterocycles. The second-order valence-electron chi connectivity index (χ2n) is 7.10. The summed E-state index contributed by atoms with van der Waals surface area (Å²) in [5.41, 5.74) is -3.82. The third-order valence-electron chi connectivity index (χ3n) is 4.74. The van der Waals surface area contributed by atoms with Crippen LogP contribution in [0.3, 0.4) is 0 Å². The van der Waals surface area contributed by atoms with E-state index in [4.69, 9.17) is 20.1 Å². The lowest BCUT2D eigenvalue weighted by atomic mass is 10.2. The topological polar surface area (TPSA) is 117 Å². The quantitative estimate of drug-likeness (QED) is 0.441. The first kappa shape index (κ1) is 24.7. The van der Waals surface area contributed by atoms with Crippen LogP contribution < -0.4 is 11.2 Å². The van der Waals surface area contributed by atoms with Crippen molar-refractivity contribution in [3.8, 4) is 12.3 Å². The van der Waals surface area contributed by atoms with Crippen LogP contribution in [0.2, 0.25) is 0 Å². The molecule has 1 N–H and O–H groups in total. The van der Waals surface area contributed by atoms with E-state index in [0.29, 0.717) is 16.3 Å². The number of benzene rings is 1. The smallest absolute Gasteiger partial charge is 0.363 e. The van der Waals surface area contributed by atoms with E-state index in [9.17, 15) is 31.2 Å². The zero-order valence-corrected chi connectivity index (χ0v) is 17.8. The van der Waals surface area contributed by atoms with Crippen LogP contribution in [0, 0.1) is 12.3 Å². The van der Waals surface area contributed by atoms with Gasteiger partial charge in [0.05, 0.1) is 12.7 Å². The van der Waals surface area contributed by atoms with E-state index in [2.05, 4.69) is 5.92 Å². The van der Waals surface area contributed by atoms with Gasteiger partial charge in [-0.1, -0.05) is 36.3 Å². The van der Waals surface area contributed by atoms with Gasteiger partial charge in [0.25, 0.3) is 15.7 Å². The molecule has 178 valence electrons. The standard InChI is InChI=1S/C20H19F3N2O7S/c1-2-8-30-15-9-17(25-10-14(20(21,22)23)18(26)24-19(25)27)32-16(15)11-31-33(28,29)12-13-6-4-3-5-7-13/h1,3-7,10,15-17H,8-9,11-12H2,(H,24,26,27)/t15-,16+,17+/m0/s1. The van der Waals surface area contributed by atoms with Crippen LogP contribution in [0.1, 0.15) is 23.8 Å². The lowest BCUT2D eigenvalue weighted by Gasteiger charge is -2.18. The Morgan fingerprint density at radius 3 is 2.58 bits per heavy atom. The van der Waals surface area contributed by atoms with Gasteiger partial charge in [-0.25, -0.2) is 4.79 Å². The van der Waals surface area contributed by atoms with Crippen molar-refractivity contribution in [2.75, 3.05) is 13.2 Å². The van der Waals surface area contributed by atoms with Gasteiger partial charge in [0.15, 0.2) is 0 Å². The summed E-state index contributed by atoms with van der Waals surface area (Å²) in [5, 5.41) is 0. The molecule has 1 aliphatic rings. The third-order valence-corrected chi connectivity index (χ3v) is 5.92. The Labute approximate surface area is 186 Å². The average Bonchev–Trinajstić information content (AvgIpc) is 3.13. The highest BCUT2D eigenvalue weighted by Gasteiger charge is 2.40. The second-order valence-corrected chi connectivity index (χ2v) is 8.74. The van der Waals surface area contributed by atoms with Crippen molar-refractivity contribution < 1.29 is 35.2 Å². The van der Waals surface area contributed by atoms with E-state index in [0.717, 1.165) is 0 Å². The fourth-order valence-electron chi connectivity index (χ4n) is 3.24. The Morgan fingerprint density at radius 2 is 1.94 bits per heavy atom. The molecular weight excluding hydrogens is 469 g/mol. The monoisotopic (exact) mass is 488 g/mol. The number of rotatable bonds is 8. The Morgan fingerprint density at radius 1 is 1.24 bits per heavy atom. The van der Waals surface area contributed by atoms with Crippen molar-refractivity contribution in [2.24, 2.45) is 0 Å². The molecular formula is C20H19F3N2O7S. The van der Waals surface area contributed by atoms with Crippen molar-refractivity contribution in [1.82, 2.24) is 9.55 Å². The van der Waals surface area contributed by atoms with Crippen LogP contribution in [0.5, 0.6) is 0 Å². The first-order valence-corrected chi connectivity index (χ1v) is 11.1. The average molecular weight is 488 g/mol. The lowest BCUT2D eigenvalue weighted by molar-refractivity contribution is -0.139. The first-order valence-electron chi connectivity index (χ1n) is 9.54. The molecule has 0 spiro atoms. The Bertz CT molecular complexity index is 1230. The van der Waals surface area contributed by atoms with E-state index in [1.165, 1.54) is 0 Å². The number of H-pyrrole nitrogens is 1. The fraction of sp³-hybridized carbons (Fsp3) is 0.400. The molecule has 13 heteroatoms. The summed E-state index contributed by atoms with van der Waals surface area (Å²) in [7, 11) is -4.03. The molecule has 2 aromatic rings. The molecule has 1 aromatic carbocycles. The summed E-state index contributed by atoms with van der Waals surface area (Å²) >= 11 is 0. The van der Waals surface area contributed by atoms with E-state index < -0.39 is 63.9 Å². The minimum absolute atomic E-state index is 0.141. The number of halogens is 3. The number of hydrogen-bond acceptors (Lipinski definition) is 7. The maximum atomic E-state index is 13.1. The third kappa shape index (κ3) is 6.32. The van der Waals surface area contributed by atoms with Gasteiger partial charge >= 0.3 is 11.9 Å². The molecule has 3 atom stereocenters. The van der Waals surface area contributed by atoms with Crippen molar-refractivity contribution >= 4 is 10.1 Å². The van der Waals surface area contributed by atoms with Gasteiger partial charge in [0, 0.05) is 12.6 Å². The largest absolute Gasteiger partial charge is 0.423 e. The van der Waals surface area contributed by atoms with Crippen LogP contribution >= 0.6 is 0 Å². The molecule has 9 nitrogen and oxygen atoms in total. The number of alkyl halides is 3. The normalized spacial score (nSPS) is 21.1. The molecule has 3 rings (SSSR count). The van der Waals surface area contributed by atoms with Crippen molar-refractivity contribution in [3.05, 3.63) is 68.5 Å². The van der Waals surface area contributed by atoms with Gasteiger partial charge in [0.2, 0.25) is 0 Å². The summed E-state index contributed by atoms with van der Waals surface area (Å²) in [4.78, 5) is 25.2. The Hall–Kier alpha value is -2.92. The molecule has 1 saturated heterocycles. The zero-order chi connectivity index (χ0) is 24.2. The van der Waals surface area contributed by atoms with Crippen molar-refractivity contribution in [3.63, 3.8) is 0 Å². The summed E-state index contributed by atoms with van der Waals surface area (Å²) < 4.78 is 80.5. The molecule has 1 fully saturated rings. The molecule has 0 aliphatic carbocycles. The van der Waals surface area contributed by atoms with Crippen LogP contribution in [0.4, 0.5) is 13.2 Å². The van der Waals surface area contributed by atoms with Crippen LogP contribution in [-0.4, -0.2) is 43.4 Å². The molecule has 0 saturated carbocycles. The highest BCUT2D eigenvalue weighted by atomic mass is 32.2. The van der Waals surface area contributed by atoms with E-state index in [1.54, 1.807) is 35.3 Å². The number of terminal acetylenes is 1. The molecule has 0 radical (unpaired) electrons. The number of hydrogen-bond donors (Lipinski definition) is 1. The summed E-state index contributed by atoms with van der Waals surface area (Å²) in [6, 6.07) is 8.25. The predicted octanol–water partition coefficient (Wildman–Crippen LogP) is 1.41. The minimum Gasteiger partial charge on any atom is -0.363 e. The van der Waals surface area contributed by atoms with Gasteiger partial charge < -0.3 is 9.47 Å². The number of nitrogens with zero attached hydrogens (tertiary/aromatic N) is 1. The van der Waals surface area contributed by atoms with Gasteiger partial charge in [-0.15, -0.1) is 6.42 Å². The molecule has 33 heavy (non-hydrogen) atoms. The summed E-state index contributed by atoms with van der Waals surface area (Å²) in [6.45, 7) is -0.715. The molecule has 0 unspecified atom stereocenters. The molecule has 1 aliphatic heterocycles. The number of ether oxygens (including phenoxy) is 2. The predicted molar refractivity (Wildman–Crippen MR) is 108 cm³/mol. The van der Waals surface area contributed by atoms with Gasteiger partial charge in [-0.3, -0.25) is 18.5 Å². The minimum atomic E-state index is -5.00. The first-order chi connectivity index (χ1) is 15.5. The lowest BCUT2D eigenvalue weighted by Crippen LogP contribution is -2.36. The van der Waals surface area contributed by atoms with E-state index in [1.807, 2.05) is 0 Å². The summed E-state index contributed by atoms with van der Waals surface area (Å²) in [5.74, 6) is 1.81. The molecule has 0 amide bonds. The Balaban J connectivity index is 1.78. The SMILES string of the molecule is C#CCO[C@H]1C[C@H](n2cc(C(F)(F)F)c(=O)[nH]c2=O)O[C@@H]1COS(=O)(=O)Cc1ccccc1. The fourth-order valence-corrected chi connectivity index (χ4v) is 4.27. The van der Waals surface area contributed by atoms with Gasteiger partial charge in [-0.05, 0) is 5.56 Å².